The van der Waals surface area contributed by atoms with E-state index < -0.39 is 0 Å². The fourth-order valence-electron chi connectivity index (χ4n) is 2.67. The van der Waals surface area contributed by atoms with E-state index in [1.165, 1.54) is 0 Å². The average Bonchev–Trinajstić information content (AvgIpc) is 2.70. The molecule has 5 nitrogen and oxygen atoms in total. The summed E-state index contributed by atoms with van der Waals surface area (Å²) in [5, 5.41) is 6.24. The smallest absolute Gasteiger partial charge is 0.257 e. The number of hydrogen-bond acceptors (Lipinski definition) is 3. The zero-order valence-corrected chi connectivity index (χ0v) is 16.0. The lowest BCUT2D eigenvalue weighted by Gasteiger charge is -2.12. The maximum Gasteiger partial charge on any atom is 0.257 e. The van der Waals surface area contributed by atoms with Gasteiger partial charge in [0, 0.05) is 16.8 Å². The molecule has 142 valence electrons. The van der Waals surface area contributed by atoms with Crippen LogP contribution in [0.2, 0.25) is 5.02 Å². The van der Waals surface area contributed by atoms with Gasteiger partial charge < -0.3 is 15.4 Å². The Morgan fingerprint density at radius 2 is 1.68 bits per heavy atom. The predicted molar refractivity (Wildman–Crippen MR) is 111 cm³/mol. The van der Waals surface area contributed by atoms with Crippen LogP contribution in [0, 0.1) is 0 Å². The number of methoxy groups -OCH3 is 1. The lowest BCUT2D eigenvalue weighted by molar-refractivity contribution is -0.115. The Balaban J connectivity index is 1.72. The fourth-order valence-corrected chi connectivity index (χ4v) is 2.80. The molecule has 0 aliphatic rings. The van der Waals surface area contributed by atoms with Crippen LogP contribution in [0.3, 0.4) is 0 Å². The van der Waals surface area contributed by atoms with Gasteiger partial charge in [-0.25, -0.2) is 0 Å². The molecular formula is C22H19ClN2O3. The Bertz CT molecular complexity index is 987. The summed E-state index contributed by atoms with van der Waals surface area (Å²) in [6, 6.07) is 21.0. The molecule has 3 aromatic carbocycles. The van der Waals surface area contributed by atoms with Crippen molar-refractivity contribution in [2.24, 2.45) is 0 Å². The molecule has 0 spiro atoms. The van der Waals surface area contributed by atoms with E-state index in [4.69, 9.17) is 16.3 Å². The minimum absolute atomic E-state index is 0.184. The molecule has 0 unspecified atom stereocenters. The Morgan fingerprint density at radius 3 is 2.43 bits per heavy atom. The van der Waals surface area contributed by atoms with Gasteiger partial charge in [-0.15, -0.1) is 0 Å². The number of carbonyl (C=O) groups excluding carboxylic acids is 2. The molecule has 0 saturated carbocycles. The Labute approximate surface area is 168 Å². The summed E-state index contributed by atoms with van der Waals surface area (Å²) in [4.78, 5) is 25.1. The van der Waals surface area contributed by atoms with E-state index in [1.54, 1.807) is 79.9 Å². The first-order valence-electron chi connectivity index (χ1n) is 8.64. The molecule has 0 fully saturated rings. The lowest BCUT2D eigenvalue weighted by Crippen LogP contribution is -2.19. The van der Waals surface area contributed by atoms with E-state index in [-0.39, 0.29) is 18.2 Å². The van der Waals surface area contributed by atoms with Crippen LogP contribution in [0.5, 0.6) is 5.75 Å². The second-order valence-electron chi connectivity index (χ2n) is 6.08. The van der Waals surface area contributed by atoms with Gasteiger partial charge in [0.05, 0.1) is 24.8 Å². The third-order valence-electron chi connectivity index (χ3n) is 4.05. The molecule has 0 aromatic heterocycles. The maximum atomic E-state index is 12.7. The van der Waals surface area contributed by atoms with Crippen LogP contribution in [-0.4, -0.2) is 18.9 Å². The first-order valence-corrected chi connectivity index (χ1v) is 9.01. The van der Waals surface area contributed by atoms with E-state index in [0.29, 0.717) is 27.7 Å². The number of anilines is 2. The summed E-state index contributed by atoms with van der Waals surface area (Å²) in [7, 11) is 1.56. The minimum atomic E-state index is -0.323. The predicted octanol–water partition coefficient (Wildman–Crippen LogP) is 4.78. The van der Waals surface area contributed by atoms with Crippen molar-refractivity contribution in [1.29, 1.82) is 0 Å². The highest BCUT2D eigenvalue weighted by atomic mass is 35.5. The van der Waals surface area contributed by atoms with Crippen molar-refractivity contribution in [3.63, 3.8) is 0 Å². The fraction of sp³-hybridized carbons (Fsp3) is 0.0909. The van der Waals surface area contributed by atoms with E-state index in [2.05, 4.69) is 10.6 Å². The Kier molecular flexibility index (Phi) is 6.29. The summed E-state index contributed by atoms with van der Waals surface area (Å²) in [5.41, 5.74) is 2.25. The highest BCUT2D eigenvalue weighted by Crippen LogP contribution is 2.21. The van der Waals surface area contributed by atoms with Gasteiger partial charge in [0.15, 0.2) is 0 Å². The monoisotopic (exact) mass is 394 g/mol. The summed E-state index contributed by atoms with van der Waals surface area (Å²) >= 11 is 5.87. The Morgan fingerprint density at radius 1 is 0.929 bits per heavy atom. The number of nitrogens with one attached hydrogen (secondary N) is 2. The largest absolute Gasteiger partial charge is 0.497 e. The van der Waals surface area contributed by atoms with Crippen molar-refractivity contribution in [1.82, 2.24) is 0 Å². The molecular weight excluding hydrogens is 376 g/mol. The molecule has 3 aromatic rings. The average molecular weight is 395 g/mol. The number of amides is 2. The molecule has 0 aliphatic carbocycles. The molecule has 0 aliphatic heterocycles. The topological polar surface area (TPSA) is 67.4 Å². The number of rotatable bonds is 6. The third-order valence-corrected chi connectivity index (χ3v) is 4.30. The summed E-state index contributed by atoms with van der Waals surface area (Å²) in [6.45, 7) is 0. The van der Waals surface area contributed by atoms with Gasteiger partial charge in [-0.3, -0.25) is 9.59 Å². The first kappa shape index (κ1) is 19.5. The normalized spacial score (nSPS) is 10.2. The number of ether oxygens (including phenoxy) is 1. The molecule has 2 N–H and O–H groups in total. The number of benzene rings is 3. The molecule has 0 saturated heterocycles. The maximum absolute atomic E-state index is 12.7. The number of para-hydroxylation sites is 1. The van der Waals surface area contributed by atoms with Crippen LogP contribution >= 0.6 is 11.6 Å². The van der Waals surface area contributed by atoms with Crippen molar-refractivity contribution in [3.05, 3.63) is 88.9 Å². The van der Waals surface area contributed by atoms with Crippen molar-refractivity contribution in [2.45, 2.75) is 6.42 Å². The summed E-state index contributed by atoms with van der Waals surface area (Å²) in [6.07, 6.45) is 0.184. The standard InChI is InChI=1S/C22H19ClN2O3/c1-28-18-6-4-5-17(14-18)24-22(27)19-7-2-3-8-20(19)25-21(26)13-15-9-11-16(23)12-10-15/h2-12,14H,13H2,1H3,(H,24,27)(H,25,26). The van der Waals surface area contributed by atoms with Gasteiger partial charge in [-0.1, -0.05) is 41.9 Å². The molecule has 6 heteroatoms. The number of halogens is 1. The van der Waals surface area contributed by atoms with Crippen LogP contribution in [-0.2, 0) is 11.2 Å². The zero-order valence-electron chi connectivity index (χ0n) is 15.2. The third kappa shape index (κ3) is 5.11. The molecule has 0 atom stereocenters. The van der Waals surface area contributed by atoms with Gasteiger partial charge in [-0.2, -0.15) is 0 Å². The van der Waals surface area contributed by atoms with Gasteiger partial charge in [0.2, 0.25) is 5.91 Å². The van der Waals surface area contributed by atoms with Gasteiger partial charge >= 0.3 is 0 Å². The lowest BCUT2D eigenvalue weighted by atomic mass is 10.1. The van der Waals surface area contributed by atoms with E-state index >= 15 is 0 Å². The molecule has 28 heavy (non-hydrogen) atoms. The van der Waals surface area contributed by atoms with Crippen LogP contribution in [0.15, 0.2) is 72.8 Å². The first-order chi connectivity index (χ1) is 13.5. The van der Waals surface area contributed by atoms with E-state index in [0.717, 1.165) is 5.56 Å². The quantitative estimate of drug-likeness (QED) is 0.632. The Hall–Kier alpha value is -3.31. The van der Waals surface area contributed by atoms with E-state index in [9.17, 15) is 9.59 Å². The SMILES string of the molecule is COc1cccc(NC(=O)c2ccccc2NC(=O)Cc2ccc(Cl)cc2)c1. The molecule has 2 amide bonds. The van der Waals surface area contributed by atoms with Gasteiger partial charge in [-0.05, 0) is 42.0 Å². The van der Waals surface area contributed by atoms with Crippen molar-refractivity contribution in [3.8, 4) is 5.75 Å². The molecule has 0 bridgehead atoms. The van der Waals surface area contributed by atoms with Crippen LogP contribution in [0.1, 0.15) is 15.9 Å². The van der Waals surface area contributed by atoms with Crippen LogP contribution in [0.25, 0.3) is 0 Å². The van der Waals surface area contributed by atoms with E-state index in [1.807, 2.05) is 0 Å². The molecule has 0 radical (unpaired) electrons. The van der Waals surface area contributed by atoms with Gasteiger partial charge in [0.1, 0.15) is 5.75 Å². The highest BCUT2D eigenvalue weighted by molar-refractivity contribution is 6.30. The number of hydrogen-bond donors (Lipinski definition) is 2. The van der Waals surface area contributed by atoms with Gasteiger partial charge in [0.25, 0.3) is 5.91 Å². The number of carbonyl (C=O) groups is 2. The van der Waals surface area contributed by atoms with Crippen molar-refractivity contribution >= 4 is 34.8 Å². The van der Waals surface area contributed by atoms with Crippen molar-refractivity contribution in [2.75, 3.05) is 17.7 Å². The summed E-state index contributed by atoms with van der Waals surface area (Å²) in [5.74, 6) is 0.0990. The van der Waals surface area contributed by atoms with Crippen LogP contribution < -0.4 is 15.4 Å². The second kappa shape index (κ2) is 9.06. The minimum Gasteiger partial charge on any atom is -0.497 e. The summed E-state index contributed by atoms with van der Waals surface area (Å²) < 4.78 is 5.17. The van der Waals surface area contributed by atoms with Crippen LogP contribution in [0.4, 0.5) is 11.4 Å². The highest BCUT2D eigenvalue weighted by Gasteiger charge is 2.14. The zero-order chi connectivity index (χ0) is 19.9. The molecule has 0 heterocycles. The van der Waals surface area contributed by atoms with Crippen molar-refractivity contribution < 1.29 is 14.3 Å². The molecule has 3 rings (SSSR count). The second-order valence-corrected chi connectivity index (χ2v) is 6.52.